The first-order valence-electron chi connectivity index (χ1n) is 7.29. The van der Waals surface area contributed by atoms with E-state index < -0.39 is 0 Å². The Kier molecular flexibility index (Phi) is 5.61. The normalized spacial score (nSPS) is 23.8. The molecule has 2 N–H and O–H groups in total. The molecule has 0 saturated heterocycles. The van der Waals surface area contributed by atoms with Gasteiger partial charge in [-0.2, -0.15) is 0 Å². The quantitative estimate of drug-likeness (QED) is 0.843. The predicted octanol–water partition coefficient (Wildman–Crippen LogP) is 3.22. The lowest BCUT2D eigenvalue weighted by atomic mass is 9.90. The fourth-order valence-electron chi connectivity index (χ4n) is 2.88. The van der Waals surface area contributed by atoms with Gasteiger partial charge in [-0.3, -0.25) is 4.90 Å². The van der Waals surface area contributed by atoms with Gasteiger partial charge in [0.25, 0.3) is 0 Å². The molecule has 1 heterocycles. The van der Waals surface area contributed by atoms with Crippen LogP contribution in [0.2, 0.25) is 5.15 Å². The van der Waals surface area contributed by atoms with Crippen LogP contribution in [0, 0.1) is 0 Å². The Bertz CT molecular complexity index is 371. The maximum absolute atomic E-state index is 6.00. The van der Waals surface area contributed by atoms with Gasteiger partial charge in [-0.15, -0.1) is 0 Å². The van der Waals surface area contributed by atoms with Crippen LogP contribution < -0.4 is 5.73 Å². The third-order valence-corrected chi connectivity index (χ3v) is 4.17. The molecule has 106 valence electrons. The van der Waals surface area contributed by atoms with E-state index >= 15 is 0 Å². The molecule has 0 atom stereocenters. The highest BCUT2D eigenvalue weighted by molar-refractivity contribution is 6.29. The number of hydrogen-bond donors (Lipinski definition) is 1. The number of hydrogen-bond acceptors (Lipinski definition) is 3. The van der Waals surface area contributed by atoms with E-state index in [0.717, 1.165) is 25.9 Å². The van der Waals surface area contributed by atoms with Gasteiger partial charge in [0.05, 0.1) is 0 Å². The summed E-state index contributed by atoms with van der Waals surface area (Å²) in [6, 6.07) is 5.04. The molecule has 0 amide bonds. The van der Waals surface area contributed by atoms with Crippen molar-refractivity contribution < 1.29 is 0 Å². The first-order chi connectivity index (χ1) is 9.19. The average molecular weight is 282 g/mol. The molecule has 0 radical (unpaired) electrons. The summed E-state index contributed by atoms with van der Waals surface area (Å²) in [4.78, 5) is 6.75. The van der Waals surface area contributed by atoms with E-state index in [2.05, 4.69) is 22.9 Å². The number of nitrogens with two attached hydrogens (primary N) is 1. The molecule has 1 fully saturated rings. The maximum Gasteiger partial charge on any atom is 0.129 e. The lowest BCUT2D eigenvalue weighted by molar-refractivity contribution is 0.142. The SMILES string of the molecule is CCCN(Cc1ccc(Cl)nc1)C1CCC(N)CC1. The van der Waals surface area contributed by atoms with Crippen LogP contribution in [0.4, 0.5) is 0 Å². The molecule has 19 heavy (non-hydrogen) atoms. The predicted molar refractivity (Wildman–Crippen MR) is 80.2 cm³/mol. The van der Waals surface area contributed by atoms with Gasteiger partial charge in [-0.05, 0) is 50.3 Å². The summed E-state index contributed by atoms with van der Waals surface area (Å²) >= 11 is 5.84. The Labute approximate surface area is 121 Å². The highest BCUT2D eigenvalue weighted by atomic mass is 35.5. The van der Waals surface area contributed by atoms with Crippen LogP contribution in [-0.2, 0) is 6.54 Å². The number of aromatic nitrogens is 1. The molecule has 1 aromatic rings. The first-order valence-corrected chi connectivity index (χ1v) is 7.67. The number of halogens is 1. The minimum Gasteiger partial charge on any atom is -0.328 e. The zero-order chi connectivity index (χ0) is 13.7. The van der Waals surface area contributed by atoms with E-state index in [1.54, 1.807) is 0 Å². The van der Waals surface area contributed by atoms with Gasteiger partial charge < -0.3 is 5.73 Å². The van der Waals surface area contributed by atoms with Crippen molar-refractivity contribution in [2.24, 2.45) is 5.73 Å². The van der Waals surface area contributed by atoms with Crippen molar-refractivity contribution in [3.63, 3.8) is 0 Å². The van der Waals surface area contributed by atoms with Crippen molar-refractivity contribution in [3.8, 4) is 0 Å². The van der Waals surface area contributed by atoms with Gasteiger partial charge in [-0.1, -0.05) is 24.6 Å². The largest absolute Gasteiger partial charge is 0.328 e. The number of pyridine rings is 1. The Morgan fingerprint density at radius 1 is 1.32 bits per heavy atom. The van der Waals surface area contributed by atoms with Crippen LogP contribution in [0.5, 0.6) is 0 Å². The van der Waals surface area contributed by atoms with E-state index in [1.165, 1.54) is 24.8 Å². The number of nitrogens with zero attached hydrogens (tertiary/aromatic N) is 2. The van der Waals surface area contributed by atoms with E-state index in [0.29, 0.717) is 17.2 Å². The molecule has 1 aliphatic carbocycles. The van der Waals surface area contributed by atoms with Crippen molar-refractivity contribution in [2.45, 2.75) is 57.7 Å². The van der Waals surface area contributed by atoms with Crippen molar-refractivity contribution >= 4 is 11.6 Å². The molecule has 0 bridgehead atoms. The summed E-state index contributed by atoms with van der Waals surface area (Å²) in [7, 11) is 0. The second-order valence-corrected chi connectivity index (χ2v) is 5.92. The Morgan fingerprint density at radius 2 is 2.05 bits per heavy atom. The maximum atomic E-state index is 6.00. The summed E-state index contributed by atoms with van der Waals surface area (Å²) < 4.78 is 0. The topological polar surface area (TPSA) is 42.2 Å². The van der Waals surface area contributed by atoms with Crippen molar-refractivity contribution in [1.29, 1.82) is 0 Å². The van der Waals surface area contributed by atoms with E-state index in [-0.39, 0.29) is 0 Å². The summed E-state index contributed by atoms with van der Waals surface area (Å²) in [5.41, 5.74) is 7.24. The monoisotopic (exact) mass is 281 g/mol. The van der Waals surface area contributed by atoms with Crippen LogP contribution >= 0.6 is 11.6 Å². The minimum atomic E-state index is 0.414. The molecule has 1 saturated carbocycles. The van der Waals surface area contributed by atoms with E-state index in [9.17, 15) is 0 Å². The fourth-order valence-corrected chi connectivity index (χ4v) is 2.99. The van der Waals surface area contributed by atoms with Crippen LogP contribution in [0.25, 0.3) is 0 Å². The lowest BCUT2D eigenvalue weighted by Crippen LogP contribution is -2.40. The third-order valence-electron chi connectivity index (χ3n) is 3.94. The highest BCUT2D eigenvalue weighted by Crippen LogP contribution is 2.24. The van der Waals surface area contributed by atoms with Crippen molar-refractivity contribution in [3.05, 3.63) is 29.0 Å². The van der Waals surface area contributed by atoms with Crippen LogP contribution in [0.15, 0.2) is 18.3 Å². The minimum absolute atomic E-state index is 0.414. The molecular weight excluding hydrogens is 258 g/mol. The van der Waals surface area contributed by atoms with E-state index in [4.69, 9.17) is 17.3 Å². The zero-order valence-corrected chi connectivity index (χ0v) is 12.4. The number of rotatable bonds is 5. The van der Waals surface area contributed by atoms with E-state index in [1.807, 2.05) is 12.3 Å². The van der Waals surface area contributed by atoms with Crippen molar-refractivity contribution in [1.82, 2.24) is 9.88 Å². The average Bonchev–Trinajstić information content (AvgIpc) is 2.42. The lowest BCUT2D eigenvalue weighted by Gasteiger charge is -2.36. The molecule has 3 nitrogen and oxygen atoms in total. The molecule has 4 heteroatoms. The molecule has 1 aliphatic rings. The van der Waals surface area contributed by atoms with Crippen LogP contribution in [-0.4, -0.2) is 28.5 Å². The molecule has 0 spiro atoms. The molecular formula is C15H24ClN3. The second-order valence-electron chi connectivity index (χ2n) is 5.53. The third kappa shape index (κ3) is 4.44. The van der Waals surface area contributed by atoms with Crippen molar-refractivity contribution in [2.75, 3.05) is 6.54 Å². The second kappa shape index (κ2) is 7.22. The highest BCUT2D eigenvalue weighted by Gasteiger charge is 2.23. The van der Waals surface area contributed by atoms with Gasteiger partial charge in [0.15, 0.2) is 0 Å². The van der Waals surface area contributed by atoms with Gasteiger partial charge in [0.2, 0.25) is 0 Å². The van der Waals surface area contributed by atoms with Crippen LogP contribution in [0.3, 0.4) is 0 Å². The van der Waals surface area contributed by atoms with Crippen LogP contribution in [0.1, 0.15) is 44.6 Å². The Morgan fingerprint density at radius 3 is 2.63 bits per heavy atom. The molecule has 2 rings (SSSR count). The molecule has 0 aromatic carbocycles. The summed E-state index contributed by atoms with van der Waals surface area (Å²) in [5.74, 6) is 0. The zero-order valence-electron chi connectivity index (χ0n) is 11.7. The molecule has 1 aromatic heterocycles. The first kappa shape index (κ1) is 14.8. The van der Waals surface area contributed by atoms with Gasteiger partial charge in [0, 0.05) is 24.8 Å². The Balaban J connectivity index is 1.97. The van der Waals surface area contributed by atoms with Gasteiger partial charge >= 0.3 is 0 Å². The smallest absolute Gasteiger partial charge is 0.129 e. The Hall–Kier alpha value is -0.640. The van der Waals surface area contributed by atoms with Gasteiger partial charge in [-0.25, -0.2) is 4.98 Å². The summed E-state index contributed by atoms with van der Waals surface area (Å²) in [5, 5.41) is 0.564. The fraction of sp³-hybridized carbons (Fsp3) is 0.667. The molecule has 0 aliphatic heterocycles. The standard InChI is InChI=1S/C15H24ClN3/c1-2-9-19(14-6-4-13(17)5-7-14)11-12-3-8-15(16)18-10-12/h3,8,10,13-14H,2,4-7,9,11,17H2,1H3. The summed E-state index contributed by atoms with van der Waals surface area (Å²) in [6.07, 6.45) is 7.83. The summed E-state index contributed by atoms with van der Waals surface area (Å²) in [6.45, 7) is 4.35. The molecule has 0 unspecified atom stereocenters. The van der Waals surface area contributed by atoms with Gasteiger partial charge in [0.1, 0.15) is 5.15 Å².